The zero-order valence-electron chi connectivity index (χ0n) is 24.4. The SMILES string of the molecule is C=C/C=C\C(=C)c1c2ccccc2c(-c2ccc3c(ccc4ccccc43)c2)c2ccc(-c3ccc4ccccc4c3)cc12. The van der Waals surface area contributed by atoms with Gasteiger partial charge in [0.15, 0.2) is 0 Å². The predicted molar refractivity (Wildman–Crippen MR) is 193 cm³/mol. The first kappa shape index (κ1) is 25.9. The first-order valence-corrected chi connectivity index (χ1v) is 15.1. The first-order valence-electron chi connectivity index (χ1n) is 15.1. The second kappa shape index (κ2) is 10.5. The second-order valence-corrected chi connectivity index (χ2v) is 11.5. The Morgan fingerprint density at radius 2 is 0.977 bits per heavy atom. The van der Waals surface area contributed by atoms with Crippen LogP contribution in [0.15, 0.2) is 171 Å². The Hall–Kier alpha value is -5.72. The number of benzene rings is 8. The van der Waals surface area contributed by atoms with E-state index in [0.717, 1.165) is 11.1 Å². The van der Waals surface area contributed by atoms with Crippen LogP contribution in [0.5, 0.6) is 0 Å². The van der Waals surface area contributed by atoms with Crippen molar-refractivity contribution in [2.75, 3.05) is 0 Å². The average molecular weight is 559 g/mol. The van der Waals surface area contributed by atoms with Crippen molar-refractivity contribution >= 4 is 59.4 Å². The summed E-state index contributed by atoms with van der Waals surface area (Å²) in [6.07, 6.45) is 5.85. The molecule has 8 aromatic rings. The van der Waals surface area contributed by atoms with E-state index in [4.69, 9.17) is 0 Å². The fourth-order valence-corrected chi connectivity index (χ4v) is 6.82. The summed E-state index contributed by atoms with van der Waals surface area (Å²) < 4.78 is 0. The van der Waals surface area contributed by atoms with Gasteiger partial charge < -0.3 is 0 Å². The molecule has 0 amide bonds. The van der Waals surface area contributed by atoms with E-state index in [1.807, 2.05) is 12.2 Å². The number of hydrogen-bond acceptors (Lipinski definition) is 0. The average Bonchev–Trinajstić information content (AvgIpc) is 3.08. The van der Waals surface area contributed by atoms with Crippen LogP contribution in [0.25, 0.3) is 81.7 Å². The summed E-state index contributed by atoms with van der Waals surface area (Å²) >= 11 is 0. The molecular formula is C44H30. The molecule has 0 N–H and O–H groups in total. The molecule has 0 fully saturated rings. The van der Waals surface area contributed by atoms with Crippen LogP contribution in [-0.2, 0) is 0 Å². The van der Waals surface area contributed by atoms with E-state index < -0.39 is 0 Å². The van der Waals surface area contributed by atoms with Crippen molar-refractivity contribution in [2.24, 2.45) is 0 Å². The van der Waals surface area contributed by atoms with Crippen molar-refractivity contribution in [1.29, 1.82) is 0 Å². The van der Waals surface area contributed by atoms with E-state index >= 15 is 0 Å². The van der Waals surface area contributed by atoms with Crippen LogP contribution in [-0.4, -0.2) is 0 Å². The molecular weight excluding hydrogens is 528 g/mol. The van der Waals surface area contributed by atoms with Crippen LogP contribution in [0.3, 0.4) is 0 Å². The summed E-state index contributed by atoms with van der Waals surface area (Å²) in [6.45, 7) is 8.44. The van der Waals surface area contributed by atoms with E-state index in [9.17, 15) is 0 Å². The quantitative estimate of drug-likeness (QED) is 0.112. The van der Waals surface area contributed by atoms with Gasteiger partial charge in [-0.2, -0.15) is 0 Å². The van der Waals surface area contributed by atoms with Gasteiger partial charge in [-0.15, -0.1) is 0 Å². The normalized spacial score (nSPS) is 11.7. The second-order valence-electron chi connectivity index (χ2n) is 11.5. The first-order chi connectivity index (χ1) is 21.7. The third-order valence-corrected chi connectivity index (χ3v) is 8.90. The molecule has 0 heteroatoms. The molecule has 0 saturated heterocycles. The number of hydrogen-bond donors (Lipinski definition) is 0. The Kier molecular flexibility index (Phi) is 6.21. The highest BCUT2D eigenvalue weighted by Crippen LogP contribution is 2.44. The lowest BCUT2D eigenvalue weighted by Gasteiger charge is -2.19. The summed E-state index contributed by atoms with van der Waals surface area (Å²) in [7, 11) is 0. The summed E-state index contributed by atoms with van der Waals surface area (Å²) in [5.74, 6) is 0. The third kappa shape index (κ3) is 4.23. The van der Waals surface area contributed by atoms with Crippen molar-refractivity contribution in [1.82, 2.24) is 0 Å². The minimum absolute atomic E-state index is 0.971. The Morgan fingerprint density at radius 1 is 0.432 bits per heavy atom. The molecule has 0 nitrogen and oxygen atoms in total. The standard InChI is InChI=1S/C44H30/c1-3-4-11-29(2)43-39-16-9-10-17-40(39)44(36-23-24-38-35(27-36)21-19-31-13-7-8-15-37(31)38)41-25-22-34(28-42(41)43)33-20-18-30-12-5-6-14-32(30)26-33/h3-28H,1-2H2/b11-4-. The van der Waals surface area contributed by atoms with Gasteiger partial charge in [-0.1, -0.05) is 153 Å². The molecule has 0 aromatic heterocycles. The lowest BCUT2D eigenvalue weighted by molar-refractivity contribution is 1.65. The van der Waals surface area contributed by atoms with Crippen molar-refractivity contribution in [2.45, 2.75) is 0 Å². The zero-order chi connectivity index (χ0) is 29.6. The molecule has 44 heavy (non-hydrogen) atoms. The fraction of sp³-hybridized carbons (Fsp3) is 0. The predicted octanol–water partition coefficient (Wildman–Crippen LogP) is 12.5. The largest absolute Gasteiger partial charge is 0.0991 e. The van der Waals surface area contributed by atoms with Gasteiger partial charge in [-0.3, -0.25) is 0 Å². The molecule has 0 bridgehead atoms. The monoisotopic (exact) mass is 558 g/mol. The van der Waals surface area contributed by atoms with Gasteiger partial charge in [0.05, 0.1) is 0 Å². The van der Waals surface area contributed by atoms with Gasteiger partial charge in [0, 0.05) is 0 Å². The Bertz CT molecular complexity index is 2470. The molecule has 0 spiro atoms. The van der Waals surface area contributed by atoms with Crippen molar-refractivity contribution < 1.29 is 0 Å². The molecule has 0 unspecified atom stereocenters. The number of allylic oxidation sites excluding steroid dienone is 4. The molecule has 0 radical (unpaired) electrons. The molecule has 0 atom stereocenters. The van der Waals surface area contributed by atoms with Crippen LogP contribution >= 0.6 is 0 Å². The fourth-order valence-electron chi connectivity index (χ4n) is 6.82. The van der Waals surface area contributed by atoms with Crippen molar-refractivity contribution in [3.8, 4) is 22.3 Å². The summed E-state index contributed by atoms with van der Waals surface area (Å²) in [5.41, 5.74) is 6.99. The molecule has 0 aliphatic carbocycles. The molecule has 0 aliphatic heterocycles. The van der Waals surface area contributed by atoms with E-state index in [0.29, 0.717) is 0 Å². The highest BCUT2D eigenvalue weighted by Gasteiger charge is 2.18. The zero-order valence-corrected chi connectivity index (χ0v) is 24.4. The lowest BCUT2D eigenvalue weighted by Crippen LogP contribution is -1.93. The van der Waals surface area contributed by atoms with Crippen LogP contribution < -0.4 is 0 Å². The maximum atomic E-state index is 4.54. The van der Waals surface area contributed by atoms with Gasteiger partial charge in [-0.25, -0.2) is 0 Å². The smallest absolute Gasteiger partial charge is 0.00261 e. The van der Waals surface area contributed by atoms with E-state index in [1.165, 1.54) is 76.1 Å². The molecule has 206 valence electrons. The summed E-state index contributed by atoms with van der Waals surface area (Å²) in [6, 6.07) is 51.0. The topological polar surface area (TPSA) is 0 Å². The van der Waals surface area contributed by atoms with Gasteiger partial charge in [0.25, 0.3) is 0 Å². The van der Waals surface area contributed by atoms with Crippen molar-refractivity contribution in [3.05, 3.63) is 176 Å². The highest BCUT2D eigenvalue weighted by molar-refractivity contribution is 6.21. The van der Waals surface area contributed by atoms with Crippen LogP contribution in [0.4, 0.5) is 0 Å². The molecule has 0 heterocycles. The van der Waals surface area contributed by atoms with Crippen LogP contribution in [0.2, 0.25) is 0 Å². The van der Waals surface area contributed by atoms with Gasteiger partial charge >= 0.3 is 0 Å². The Balaban J connectivity index is 1.44. The highest BCUT2D eigenvalue weighted by atomic mass is 14.2. The van der Waals surface area contributed by atoms with Gasteiger partial charge in [-0.05, 0) is 105 Å². The summed E-state index contributed by atoms with van der Waals surface area (Å²) in [5, 5.41) is 12.4. The summed E-state index contributed by atoms with van der Waals surface area (Å²) in [4.78, 5) is 0. The van der Waals surface area contributed by atoms with E-state index in [-0.39, 0.29) is 0 Å². The van der Waals surface area contributed by atoms with Gasteiger partial charge in [0.1, 0.15) is 0 Å². The number of rotatable bonds is 5. The molecule has 8 rings (SSSR count). The minimum atomic E-state index is 0.971. The molecule has 0 aliphatic rings. The molecule has 0 saturated carbocycles. The van der Waals surface area contributed by atoms with Crippen LogP contribution in [0, 0.1) is 0 Å². The Labute approximate surface area is 257 Å². The maximum Gasteiger partial charge on any atom is -0.00261 e. The van der Waals surface area contributed by atoms with Gasteiger partial charge in [0.2, 0.25) is 0 Å². The maximum absolute atomic E-state index is 4.54. The lowest BCUT2D eigenvalue weighted by atomic mass is 9.84. The Morgan fingerprint density at radius 3 is 1.82 bits per heavy atom. The third-order valence-electron chi connectivity index (χ3n) is 8.90. The van der Waals surface area contributed by atoms with E-state index in [1.54, 1.807) is 0 Å². The minimum Gasteiger partial charge on any atom is -0.0991 e. The van der Waals surface area contributed by atoms with Crippen LogP contribution in [0.1, 0.15) is 5.56 Å². The molecule has 8 aromatic carbocycles. The van der Waals surface area contributed by atoms with E-state index in [2.05, 4.69) is 159 Å². The van der Waals surface area contributed by atoms with Crippen molar-refractivity contribution in [3.63, 3.8) is 0 Å². The number of fused-ring (bicyclic) bond motifs is 6.